The van der Waals surface area contributed by atoms with Gasteiger partial charge in [-0.25, -0.2) is 18.2 Å². The topological polar surface area (TPSA) is 39.8 Å². The van der Waals surface area contributed by atoms with Crippen molar-refractivity contribution >= 4 is 0 Å². The Labute approximate surface area is 201 Å². The summed E-state index contributed by atoms with van der Waals surface area (Å²) >= 11 is 0. The summed E-state index contributed by atoms with van der Waals surface area (Å²) in [7, 11) is 0. The van der Waals surface area contributed by atoms with Crippen molar-refractivity contribution in [3.63, 3.8) is 0 Å². The molecule has 180 valence electrons. The first-order chi connectivity index (χ1) is 16.7. The molecule has 2 heterocycles. The smallest absolute Gasteiger partial charge is 0.254 e. The van der Waals surface area contributed by atoms with E-state index >= 15 is 0 Å². The number of pyridine rings is 1. The van der Waals surface area contributed by atoms with E-state index in [1.165, 1.54) is 4.57 Å². The van der Waals surface area contributed by atoms with E-state index in [1.807, 2.05) is 42.8 Å². The number of aromatic nitrogens is 3. The maximum atomic E-state index is 13.9. The number of nitrogens with zero attached hydrogens (tertiary/aromatic N) is 3. The molecule has 0 unspecified atom stereocenters. The van der Waals surface area contributed by atoms with Crippen molar-refractivity contribution in [3.05, 3.63) is 116 Å². The summed E-state index contributed by atoms with van der Waals surface area (Å²) in [5, 5.41) is 0. The van der Waals surface area contributed by atoms with Crippen LogP contribution in [0.15, 0.2) is 59.9 Å². The maximum Gasteiger partial charge on any atom is 0.254 e. The van der Waals surface area contributed by atoms with Crippen LogP contribution in [0.1, 0.15) is 65.2 Å². The molecule has 0 amide bonds. The van der Waals surface area contributed by atoms with E-state index in [-0.39, 0.29) is 11.1 Å². The molecule has 5 rings (SSSR count). The minimum absolute atomic E-state index is 0.207. The first-order valence-electron chi connectivity index (χ1n) is 11.7. The molecule has 4 nitrogen and oxygen atoms in total. The summed E-state index contributed by atoms with van der Waals surface area (Å²) in [5.41, 5.74) is 5.65. The monoisotopic (exact) mass is 477 g/mol. The lowest BCUT2D eigenvalue weighted by Crippen LogP contribution is -2.27. The van der Waals surface area contributed by atoms with Gasteiger partial charge in [-0.15, -0.1) is 0 Å². The Kier molecular flexibility index (Phi) is 5.87. The predicted molar refractivity (Wildman–Crippen MR) is 129 cm³/mol. The van der Waals surface area contributed by atoms with Gasteiger partial charge in [0.05, 0.1) is 18.1 Å². The molecule has 0 spiro atoms. The van der Waals surface area contributed by atoms with Crippen molar-refractivity contribution in [2.24, 2.45) is 0 Å². The maximum absolute atomic E-state index is 13.9. The quantitative estimate of drug-likeness (QED) is 0.313. The van der Waals surface area contributed by atoms with Gasteiger partial charge in [0.2, 0.25) is 0 Å². The summed E-state index contributed by atoms with van der Waals surface area (Å²) in [4.78, 5) is 17.8. The zero-order chi connectivity index (χ0) is 24.9. The lowest BCUT2D eigenvalue weighted by molar-refractivity contribution is 0.441. The molecule has 0 radical (unpaired) electrons. The van der Waals surface area contributed by atoms with Gasteiger partial charge >= 0.3 is 0 Å². The Morgan fingerprint density at radius 3 is 2.34 bits per heavy atom. The molecule has 1 atom stereocenters. The number of hydrogen-bond donors (Lipinski definition) is 0. The van der Waals surface area contributed by atoms with Gasteiger partial charge < -0.3 is 9.13 Å². The standard InChI is InChI=1S/C28H26F3N3O/c1-16-8-19(4-7-26(16)33-13-17(2)32-15-33)9-22-10-23(20-5-6-20)14-34(28(22)35)18(3)21-11-24(29)27(31)25(30)12-21/h4,7-8,10-15,18,20H,5-6,9H2,1-3H3/t18-/m0/s1. The number of imidazole rings is 1. The van der Waals surface area contributed by atoms with Crippen molar-refractivity contribution in [3.8, 4) is 5.69 Å². The van der Waals surface area contributed by atoms with Gasteiger partial charge in [-0.3, -0.25) is 4.79 Å². The number of aryl methyl sites for hydroxylation is 2. The Balaban J connectivity index is 1.52. The van der Waals surface area contributed by atoms with Crippen molar-refractivity contribution in [2.45, 2.75) is 52.0 Å². The molecule has 1 saturated carbocycles. The fourth-order valence-corrected chi connectivity index (χ4v) is 4.61. The molecule has 0 aliphatic heterocycles. The fraction of sp³-hybridized carbons (Fsp3) is 0.286. The van der Waals surface area contributed by atoms with Gasteiger partial charge in [-0.1, -0.05) is 12.1 Å². The Hall–Kier alpha value is -3.61. The highest BCUT2D eigenvalue weighted by atomic mass is 19.2. The van der Waals surface area contributed by atoms with Gasteiger partial charge in [-0.2, -0.15) is 0 Å². The lowest BCUT2D eigenvalue weighted by atomic mass is 10.00. The molecular weight excluding hydrogens is 451 g/mol. The molecule has 0 N–H and O–H groups in total. The highest BCUT2D eigenvalue weighted by molar-refractivity contribution is 5.44. The number of halogens is 3. The molecule has 35 heavy (non-hydrogen) atoms. The second-order valence-corrected chi connectivity index (χ2v) is 9.48. The summed E-state index contributed by atoms with van der Waals surface area (Å²) in [6.07, 6.45) is 8.04. The third kappa shape index (κ3) is 4.55. The van der Waals surface area contributed by atoms with Crippen LogP contribution in [-0.2, 0) is 6.42 Å². The number of rotatable bonds is 6. The lowest BCUT2D eigenvalue weighted by Gasteiger charge is -2.19. The van der Waals surface area contributed by atoms with Crippen LogP contribution in [0, 0.1) is 31.3 Å². The number of hydrogen-bond acceptors (Lipinski definition) is 2. The zero-order valence-corrected chi connectivity index (χ0v) is 19.9. The molecular formula is C28H26F3N3O. The Bertz CT molecular complexity index is 1460. The third-order valence-electron chi connectivity index (χ3n) is 6.74. The van der Waals surface area contributed by atoms with E-state index in [1.54, 1.807) is 19.4 Å². The third-order valence-corrected chi connectivity index (χ3v) is 6.74. The van der Waals surface area contributed by atoms with Crippen molar-refractivity contribution in [2.75, 3.05) is 0 Å². The van der Waals surface area contributed by atoms with E-state index in [0.717, 1.165) is 53.0 Å². The van der Waals surface area contributed by atoms with Crippen LogP contribution in [0.3, 0.4) is 0 Å². The van der Waals surface area contributed by atoms with Crippen molar-refractivity contribution in [1.29, 1.82) is 0 Å². The molecule has 1 aliphatic carbocycles. The van der Waals surface area contributed by atoms with Gasteiger partial charge in [0.1, 0.15) is 0 Å². The normalized spacial score (nSPS) is 14.3. The van der Waals surface area contributed by atoms with Gasteiger partial charge in [0.15, 0.2) is 17.5 Å². The average molecular weight is 478 g/mol. The van der Waals surface area contributed by atoms with E-state index in [9.17, 15) is 18.0 Å². The van der Waals surface area contributed by atoms with Crippen molar-refractivity contribution in [1.82, 2.24) is 14.1 Å². The van der Waals surface area contributed by atoms with Crippen LogP contribution >= 0.6 is 0 Å². The summed E-state index contributed by atoms with van der Waals surface area (Å²) in [5.74, 6) is -3.65. The molecule has 2 aromatic heterocycles. The highest BCUT2D eigenvalue weighted by Gasteiger charge is 2.26. The van der Waals surface area contributed by atoms with Crippen LogP contribution in [0.2, 0.25) is 0 Å². The van der Waals surface area contributed by atoms with E-state index < -0.39 is 23.5 Å². The first-order valence-corrected chi connectivity index (χ1v) is 11.7. The summed E-state index contributed by atoms with van der Waals surface area (Å²) in [6, 6.07) is 9.29. The molecule has 4 aromatic rings. The van der Waals surface area contributed by atoms with Crippen LogP contribution in [0.5, 0.6) is 0 Å². The molecule has 0 saturated heterocycles. The summed E-state index contributed by atoms with van der Waals surface area (Å²) < 4.78 is 44.8. The highest BCUT2D eigenvalue weighted by Crippen LogP contribution is 2.40. The predicted octanol–water partition coefficient (Wildman–Crippen LogP) is 6.15. The van der Waals surface area contributed by atoms with Crippen molar-refractivity contribution < 1.29 is 13.2 Å². The molecule has 7 heteroatoms. The van der Waals surface area contributed by atoms with Crippen LogP contribution in [0.4, 0.5) is 13.2 Å². The van der Waals surface area contributed by atoms with Crippen LogP contribution in [-0.4, -0.2) is 14.1 Å². The Morgan fingerprint density at radius 2 is 1.74 bits per heavy atom. The average Bonchev–Trinajstić information content (AvgIpc) is 3.59. The SMILES string of the molecule is Cc1cn(-c2ccc(Cc3cc(C4CC4)cn([C@@H](C)c4cc(F)c(F)c(F)c4)c3=O)cc2C)cn1. The van der Waals surface area contributed by atoms with Crippen LogP contribution < -0.4 is 5.56 Å². The largest absolute Gasteiger partial charge is 0.308 e. The number of benzene rings is 2. The molecule has 1 aliphatic rings. The van der Waals surface area contributed by atoms with Crippen LogP contribution in [0.25, 0.3) is 5.69 Å². The van der Waals surface area contributed by atoms with Gasteiger partial charge in [0, 0.05) is 30.1 Å². The van der Waals surface area contributed by atoms with Gasteiger partial charge in [-0.05, 0) is 86.1 Å². The Morgan fingerprint density at radius 1 is 1.03 bits per heavy atom. The van der Waals surface area contributed by atoms with E-state index in [2.05, 4.69) is 11.1 Å². The summed E-state index contributed by atoms with van der Waals surface area (Å²) in [6.45, 7) is 5.65. The second kappa shape index (κ2) is 8.87. The molecule has 1 fully saturated rings. The molecule has 2 aromatic carbocycles. The minimum Gasteiger partial charge on any atom is -0.308 e. The van der Waals surface area contributed by atoms with Gasteiger partial charge in [0.25, 0.3) is 5.56 Å². The van der Waals surface area contributed by atoms with E-state index in [0.29, 0.717) is 17.9 Å². The first kappa shape index (κ1) is 23.1. The van der Waals surface area contributed by atoms with E-state index in [4.69, 9.17) is 0 Å². The molecule has 0 bridgehead atoms. The zero-order valence-electron chi connectivity index (χ0n) is 19.9. The fourth-order valence-electron chi connectivity index (χ4n) is 4.61. The minimum atomic E-state index is -1.51. The second-order valence-electron chi connectivity index (χ2n) is 9.48.